The number of benzene rings is 1. The predicted octanol–water partition coefficient (Wildman–Crippen LogP) is 3.16. The molecular weight excluding hydrogens is 290 g/mol. The van der Waals surface area contributed by atoms with Crippen LogP contribution in [-0.4, -0.2) is 41.8 Å². The molecule has 1 aromatic rings. The molecule has 130 valence electrons. The first-order chi connectivity index (χ1) is 10.9. The molecule has 0 saturated heterocycles. The van der Waals surface area contributed by atoms with E-state index >= 15 is 0 Å². The fraction of sp³-hybridized carbons (Fsp3) is 0.632. The quantitative estimate of drug-likeness (QED) is 0.673. The number of hydrogen-bond donors (Lipinski definition) is 1. The van der Waals surface area contributed by atoms with Crippen molar-refractivity contribution in [2.75, 3.05) is 19.7 Å². The minimum Gasteiger partial charge on any atom is -0.463 e. The van der Waals surface area contributed by atoms with Crippen molar-refractivity contribution in [1.29, 1.82) is 0 Å². The molecule has 23 heavy (non-hydrogen) atoms. The number of carbonyl (C=O) groups is 1. The van der Waals surface area contributed by atoms with Crippen LogP contribution < -0.4 is 0 Å². The topological polar surface area (TPSA) is 49.8 Å². The number of hydrogen-bond acceptors (Lipinski definition) is 4. The molecule has 0 saturated carbocycles. The summed E-state index contributed by atoms with van der Waals surface area (Å²) in [6.07, 6.45) is 0.521. The largest absolute Gasteiger partial charge is 0.463 e. The van der Waals surface area contributed by atoms with Gasteiger partial charge in [0.25, 0.3) is 0 Å². The van der Waals surface area contributed by atoms with E-state index in [2.05, 4.69) is 49.9 Å². The average Bonchev–Trinajstić information content (AvgIpc) is 2.47. The summed E-state index contributed by atoms with van der Waals surface area (Å²) in [6, 6.07) is 8.45. The molecule has 0 aromatic heterocycles. The van der Waals surface area contributed by atoms with Crippen molar-refractivity contribution in [2.24, 2.45) is 5.92 Å². The van der Waals surface area contributed by atoms with Gasteiger partial charge in [0.05, 0.1) is 0 Å². The summed E-state index contributed by atoms with van der Waals surface area (Å²) in [4.78, 5) is 13.6. The predicted molar refractivity (Wildman–Crippen MR) is 93.2 cm³/mol. The minimum atomic E-state index is -0.653. The van der Waals surface area contributed by atoms with Gasteiger partial charge in [0.2, 0.25) is 0 Å². The van der Waals surface area contributed by atoms with Crippen molar-refractivity contribution in [3.63, 3.8) is 0 Å². The molecule has 0 spiro atoms. The highest BCUT2D eigenvalue weighted by Crippen LogP contribution is 2.10. The first kappa shape index (κ1) is 19.7. The third kappa shape index (κ3) is 8.72. The SMILES string of the molecule is CCCC(=O)OCC(O)CN(Cc1ccc(C)cc1)CC(C)C. The number of esters is 1. The zero-order valence-electron chi connectivity index (χ0n) is 14.9. The Labute approximate surface area is 140 Å². The van der Waals surface area contributed by atoms with Gasteiger partial charge in [0, 0.05) is 26.1 Å². The minimum absolute atomic E-state index is 0.0708. The van der Waals surface area contributed by atoms with Gasteiger partial charge in [-0.15, -0.1) is 0 Å². The Morgan fingerprint density at radius 3 is 2.43 bits per heavy atom. The van der Waals surface area contributed by atoms with Crippen LogP contribution in [0.25, 0.3) is 0 Å². The van der Waals surface area contributed by atoms with Gasteiger partial charge >= 0.3 is 5.97 Å². The van der Waals surface area contributed by atoms with Crippen LogP contribution in [0.2, 0.25) is 0 Å². The molecule has 1 rings (SSSR count). The molecule has 0 amide bonds. The lowest BCUT2D eigenvalue weighted by Gasteiger charge is -2.26. The van der Waals surface area contributed by atoms with E-state index in [-0.39, 0.29) is 12.6 Å². The Bertz CT molecular complexity index is 456. The zero-order valence-corrected chi connectivity index (χ0v) is 14.9. The summed E-state index contributed by atoms with van der Waals surface area (Å²) in [6.45, 7) is 10.6. The molecule has 0 heterocycles. The summed E-state index contributed by atoms with van der Waals surface area (Å²) in [5.41, 5.74) is 2.47. The van der Waals surface area contributed by atoms with E-state index < -0.39 is 6.10 Å². The Balaban J connectivity index is 2.52. The highest BCUT2D eigenvalue weighted by atomic mass is 16.5. The monoisotopic (exact) mass is 321 g/mol. The second kappa shape index (κ2) is 10.4. The molecule has 4 nitrogen and oxygen atoms in total. The normalized spacial score (nSPS) is 12.7. The van der Waals surface area contributed by atoms with Crippen LogP contribution in [0.5, 0.6) is 0 Å². The van der Waals surface area contributed by atoms with E-state index in [0.717, 1.165) is 19.5 Å². The van der Waals surface area contributed by atoms with Crippen LogP contribution in [0.4, 0.5) is 0 Å². The first-order valence-corrected chi connectivity index (χ1v) is 8.52. The summed E-state index contributed by atoms with van der Waals surface area (Å²) in [5, 5.41) is 10.2. The van der Waals surface area contributed by atoms with Gasteiger partial charge in [-0.1, -0.05) is 50.6 Å². The van der Waals surface area contributed by atoms with Crippen LogP contribution in [0, 0.1) is 12.8 Å². The van der Waals surface area contributed by atoms with E-state index in [0.29, 0.717) is 18.9 Å². The Morgan fingerprint density at radius 2 is 1.87 bits per heavy atom. The number of aryl methyl sites for hydroxylation is 1. The zero-order chi connectivity index (χ0) is 17.2. The molecule has 0 aliphatic heterocycles. The fourth-order valence-electron chi connectivity index (χ4n) is 2.49. The smallest absolute Gasteiger partial charge is 0.305 e. The van der Waals surface area contributed by atoms with Gasteiger partial charge in [-0.2, -0.15) is 0 Å². The number of aliphatic hydroxyl groups is 1. The molecule has 1 unspecified atom stereocenters. The highest BCUT2D eigenvalue weighted by Gasteiger charge is 2.15. The molecule has 1 atom stereocenters. The lowest BCUT2D eigenvalue weighted by molar-refractivity contribution is -0.147. The van der Waals surface area contributed by atoms with Crippen molar-refractivity contribution < 1.29 is 14.6 Å². The first-order valence-electron chi connectivity index (χ1n) is 8.52. The van der Waals surface area contributed by atoms with Crippen LogP contribution >= 0.6 is 0 Å². The van der Waals surface area contributed by atoms with Crippen LogP contribution in [0.15, 0.2) is 24.3 Å². The lowest BCUT2D eigenvalue weighted by atomic mass is 10.1. The van der Waals surface area contributed by atoms with Gasteiger partial charge in [-0.25, -0.2) is 0 Å². The molecule has 0 aliphatic carbocycles. The standard InChI is InChI=1S/C19H31NO3/c1-5-6-19(22)23-14-18(21)13-20(11-15(2)3)12-17-9-7-16(4)8-10-17/h7-10,15,18,21H,5-6,11-14H2,1-4H3. The summed E-state index contributed by atoms with van der Waals surface area (Å²) in [5.74, 6) is 0.274. The van der Waals surface area contributed by atoms with Gasteiger partial charge < -0.3 is 9.84 Å². The lowest BCUT2D eigenvalue weighted by Crippen LogP contribution is -2.37. The molecule has 0 fully saturated rings. The third-order valence-electron chi connectivity index (χ3n) is 3.51. The van der Waals surface area contributed by atoms with Crippen LogP contribution in [0.3, 0.4) is 0 Å². The van der Waals surface area contributed by atoms with Crippen molar-refractivity contribution in [3.8, 4) is 0 Å². The summed E-state index contributed by atoms with van der Waals surface area (Å²) < 4.78 is 5.10. The van der Waals surface area contributed by atoms with Crippen molar-refractivity contribution >= 4 is 5.97 Å². The van der Waals surface area contributed by atoms with Gasteiger partial charge in [0.1, 0.15) is 12.7 Å². The molecule has 1 aromatic carbocycles. The maximum atomic E-state index is 11.4. The third-order valence-corrected chi connectivity index (χ3v) is 3.51. The Hall–Kier alpha value is -1.39. The van der Waals surface area contributed by atoms with E-state index in [1.807, 2.05) is 6.92 Å². The molecule has 1 N–H and O–H groups in total. The second-order valence-corrected chi connectivity index (χ2v) is 6.66. The highest BCUT2D eigenvalue weighted by molar-refractivity contribution is 5.69. The van der Waals surface area contributed by atoms with Crippen molar-refractivity contribution in [2.45, 2.75) is 53.2 Å². The molecule has 0 aliphatic rings. The molecule has 4 heteroatoms. The molecular formula is C19H31NO3. The number of ether oxygens (including phenoxy) is 1. The van der Waals surface area contributed by atoms with Crippen LogP contribution in [-0.2, 0) is 16.1 Å². The Kier molecular flexibility index (Phi) is 8.89. The van der Waals surface area contributed by atoms with Gasteiger partial charge in [0.15, 0.2) is 0 Å². The maximum Gasteiger partial charge on any atom is 0.305 e. The van der Waals surface area contributed by atoms with E-state index in [4.69, 9.17) is 4.74 Å². The van der Waals surface area contributed by atoms with E-state index in [1.54, 1.807) is 0 Å². The number of carbonyl (C=O) groups excluding carboxylic acids is 1. The summed E-state index contributed by atoms with van der Waals surface area (Å²) in [7, 11) is 0. The van der Waals surface area contributed by atoms with Gasteiger partial charge in [-0.05, 0) is 24.8 Å². The summed E-state index contributed by atoms with van der Waals surface area (Å²) >= 11 is 0. The van der Waals surface area contributed by atoms with Gasteiger partial charge in [-0.3, -0.25) is 9.69 Å². The Morgan fingerprint density at radius 1 is 1.22 bits per heavy atom. The second-order valence-electron chi connectivity index (χ2n) is 6.66. The average molecular weight is 321 g/mol. The number of nitrogens with zero attached hydrogens (tertiary/aromatic N) is 1. The molecule has 0 bridgehead atoms. The van der Waals surface area contributed by atoms with E-state index in [9.17, 15) is 9.90 Å². The molecule has 0 radical (unpaired) electrons. The van der Waals surface area contributed by atoms with Crippen molar-refractivity contribution in [3.05, 3.63) is 35.4 Å². The van der Waals surface area contributed by atoms with Crippen LogP contribution in [0.1, 0.15) is 44.7 Å². The maximum absolute atomic E-state index is 11.4. The van der Waals surface area contributed by atoms with E-state index in [1.165, 1.54) is 11.1 Å². The number of rotatable bonds is 10. The fourth-order valence-corrected chi connectivity index (χ4v) is 2.49. The number of aliphatic hydroxyl groups excluding tert-OH is 1. The van der Waals surface area contributed by atoms with Crippen molar-refractivity contribution in [1.82, 2.24) is 4.90 Å².